The number of para-hydroxylation sites is 1. The van der Waals surface area contributed by atoms with E-state index in [1.165, 1.54) is 24.3 Å². The van der Waals surface area contributed by atoms with Crippen molar-refractivity contribution in [2.24, 2.45) is 0 Å². The van der Waals surface area contributed by atoms with E-state index < -0.39 is 15.8 Å². The molecule has 2 heterocycles. The number of rotatable bonds is 3. The third kappa shape index (κ3) is 2.42. The number of aromatic amines is 1. The van der Waals surface area contributed by atoms with Gasteiger partial charge in [-0.15, -0.1) is 0 Å². The van der Waals surface area contributed by atoms with Crippen LogP contribution in [0.3, 0.4) is 0 Å². The number of aromatic nitrogens is 2. The molecule has 0 spiro atoms. The fourth-order valence-corrected chi connectivity index (χ4v) is 3.75. The molecule has 0 radical (unpaired) electrons. The average Bonchev–Trinajstić information content (AvgIpc) is 2.93. The van der Waals surface area contributed by atoms with Crippen molar-refractivity contribution < 1.29 is 12.8 Å². The van der Waals surface area contributed by atoms with Crippen LogP contribution in [0.15, 0.2) is 68.8 Å². The Morgan fingerprint density at radius 1 is 1.08 bits per heavy atom. The van der Waals surface area contributed by atoms with Crippen molar-refractivity contribution in [1.82, 2.24) is 9.97 Å². The van der Waals surface area contributed by atoms with E-state index in [9.17, 15) is 13.2 Å². The number of pyridine rings is 1. The minimum atomic E-state index is -3.84. The molecule has 4 rings (SSSR count). The van der Waals surface area contributed by atoms with Crippen molar-refractivity contribution in [3.05, 3.63) is 65.3 Å². The number of benzene rings is 2. The van der Waals surface area contributed by atoms with Crippen LogP contribution in [0, 0.1) is 0 Å². The molecule has 0 bridgehead atoms. The Hall–Kier alpha value is -3.13. The smallest absolute Gasteiger partial charge is 0.408 e. The highest BCUT2D eigenvalue weighted by Crippen LogP contribution is 2.24. The molecule has 0 aliphatic rings. The predicted molar refractivity (Wildman–Crippen MR) is 89.4 cm³/mol. The number of nitrogens with one attached hydrogen (secondary N) is 2. The number of sulfonamides is 1. The van der Waals surface area contributed by atoms with Crippen molar-refractivity contribution in [2.45, 2.75) is 4.90 Å². The summed E-state index contributed by atoms with van der Waals surface area (Å²) in [6.07, 6.45) is 1.55. The molecule has 2 N–H and O–H groups in total. The molecule has 120 valence electrons. The summed E-state index contributed by atoms with van der Waals surface area (Å²) in [5.41, 5.74) is 1.48. The van der Waals surface area contributed by atoms with Gasteiger partial charge in [0.15, 0.2) is 5.58 Å². The average molecular weight is 341 g/mol. The predicted octanol–water partition coefficient (Wildman–Crippen LogP) is 2.47. The van der Waals surface area contributed by atoms with Gasteiger partial charge in [-0.05, 0) is 30.3 Å². The second-order valence-corrected chi connectivity index (χ2v) is 6.81. The Morgan fingerprint density at radius 3 is 2.79 bits per heavy atom. The van der Waals surface area contributed by atoms with Crippen molar-refractivity contribution in [3.63, 3.8) is 0 Å². The fraction of sp³-hybridized carbons (Fsp3) is 0. The van der Waals surface area contributed by atoms with E-state index >= 15 is 0 Å². The summed E-state index contributed by atoms with van der Waals surface area (Å²) in [5.74, 6) is -0.594. The minimum Gasteiger partial charge on any atom is -0.408 e. The van der Waals surface area contributed by atoms with Crippen LogP contribution in [0.4, 0.5) is 5.69 Å². The molecule has 0 aliphatic heterocycles. The molecule has 0 atom stereocenters. The van der Waals surface area contributed by atoms with Gasteiger partial charge in [0.05, 0.1) is 16.7 Å². The monoisotopic (exact) mass is 341 g/mol. The molecule has 0 fully saturated rings. The fourth-order valence-electron chi connectivity index (χ4n) is 2.52. The van der Waals surface area contributed by atoms with E-state index in [0.717, 1.165) is 5.39 Å². The van der Waals surface area contributed by atoms with E-state index in [2.05, 4.69) is 14.7 Å². The molecular weight excluding hydrogens is 330 g/mol. The van der Waals surface area contributed by atoms with Crippen LogP contribution in [0.1, 0.15) is 0 Å². The summed E-state index contributed by atoms with van der Waals surface area (Å²) in [4.78, 5) is 17.9. The van der Waals surface area contributed by atoms with Gasteiger partial charge in [-0.2, -0.15) is 0 Å². The summed E-state index contributed by atoms with van der Waals surface area (Å²) >= 11 is 0. The first-order valence-corrected chi connectivity index (χ1v) is 8.51. The van der Waals surface area contributed by atoms with E-state index in [0.29, 0.717) is 22.3 Å². The molecule has 0 saturated carbocycles. The van der Waals surface area contributed by atoms with Crippen molar-refractivity contribution in [3.8, 4) is 0 Å². The summed E-state index contributed by atoms with van der Waals surface area (Å²) in [6.45, 7) is 0. The second kappa shape index (κ2) is 5.20. The van der Waals surface area contributed by atoms with Gasteiger partial charge in [0.2, 0.25) is 0 Å². The number of hydrogen-bond donors (Lipinski definition) is 2. The van der Waals surface area contributed by atoms with Crippen molar-refractivity contribution in [1.29, 1.82) is 0 Å². The lowest BCUT2D eigenvalue weighted by Crippen LogP contribution is -2.13. The normalized spacial score (nSPS) is 11.8. The third-order valence-corrected chi connectivity index (χ3v) is 4.97. The summed E-state index contributed by atoms with van der Waals surface area (Å²) in [5, 5.41) is 0.731. The zero-order chi connectivity index (χ0) is 16.7. The number of oxazole rings is 1. The molecule has 0 amide bonds. The zero-order valence-electron chi connectivity index (χ0n) is 12.2. The topological polar surface area (TPSA) is 105 Å². The SMILES string of the molecule is O=c1[nH]c2cc(NS(=O)(=O)c3cccc4cccnc34)ccc2o1. The number of anilines is 1. The van der Waals surface area contributed by atoms with Crippen LogP contribution in [-0.2, 0) is 10.0 Å². The van der Waals surface area contributed by atoms with E-state index in [-0.39, 0.29) is 4.90 Å². The summed E-state index contributed by atoms with van der Waals surface area (Å²) in [6, 6.07) is 13.0. The molecule has 2 aromatic heterocycles. The maximum Gasteiger partial charge on any atom is 0.417 e. The Balaban J connectivity index is 1.80. The molecule has 4 aromatic rings. The molecule has 0 unspecified atom stereocenters. The first-order valence-electron chi connectivity index (χ1n) is 7.02. The molecule has 7 nitrogen and oxygen atoms in total. The molecular formula is C16H11N3O4S. The minimum absolute atomic E-state index is 0.0846. The van der Waals surface area contributed by atoms with E-state index in [1.54, 1.807) is 30.5 Å². The van der Waals surface area contributed by atoms with Crippen LogP contribution < -0.4 is 10.5 Å². The molecule has 8 heteroatoms. The number of H-pyrrole nitrogens is 1. The number of hydrogen-bond acceptors (Lipinski definition) is 5. The van der Waals surface area contributed by atoms with Gasteiger partial charge in [-0.3, -0.25) is 14.7 Å². The van der Waals surface area contributed by atoms with Crippen LogP contribution >= 0.6 is 0 Å². The highest BCUT2D eigenvalue weighted by atomic mass is 32.2. The lowest BCUT2D eigenvalue weighted by atomic mass is 10.2. The maximum absolute atomic E-state index is 12.7. The Kier molecular flexibility index (Phi) is 3.14. The Labute approximate surface area is 136 Å². The standard InChI is InChI=1S/C16H11N3O4S/c20-16-18-12-9-11(6-7-13(12)23-16)19-24(21,22)14-5-1-3-10-4-2-8-17-15(10)14/h1-9,19H,(H,18,20). The van der Waals surface area contributed by atoms with Crippen LogP contribution in [0.5, 0.6) is 0 Å². The lowest BCUT2D eigenvalue weighted by molar-refractivity contribution is 0.555. The first-order chi connectivity index (χ1) is 11.5. The van der Waals surface area contributed by atoms with Gasteiger partial charge in [0, 0.05) is 11.6 Å². The second-order valence-electron chi connectivity index (χ2n) is 5.16. The highest BCUT2D eigenvalue weighted by Gasteiger charge is 2.18. The Bertz CT molecular complexity index is 1220. The van der Waals surface area contributed by atoms with E-state index in [1.807, 2.05) is 0 Å². The van der Waals surface area contributed by atoms with Gasteiger partial charge >= 0.3 is 5.76 Å². The molecule has 0 aliphatic carbocycles. The first kappa shape index (κ1) is 14.5. The van der Waals surface area contributed by atoms with Gasteiger partial charge < -0.3 is 4.42 Å². The van der Waals surface area contributed by atoms with Crippen LogP contribution in [0.25, 0.3) is 22.0 Å². The number of fused-ring (bicyclic) bond motifs is 2. The van der Waals surface area contributed by atoms with Gasteiger partial charge in [-0.25, -0.2) is 13.2 Å². The Morgan fingerprint density at radius 2 is 1.92 bits per heavy atom. The zero-order valence-corrected chi connectivity index (χ0v) is 13.0. The van der Waals surface area contributed by atoms with Gasteiger partial charge in [-0.1, -0.05) is 18.2 Å². The molecule has 24 heavy (non-hydrogen) atoms. The van der Waals surface area contributed by atoms with Gasteiger partial charge in [0.25, 0.3) is 10.0 Å². The van der Waals surface area contributed by atoms with E-state index in [4.69, 9.17) is 4.42 Å². The quantitative estimate of drug-likeness (QED) is 0.595. The summed E-state index contributed by atoms with van der Waals surface area (Å²) in [7, 11) is -3.84. The molecule has 0 saturated heterocycles. The highest BCUT2D eigenvalue weighted by molar-refractivity contribution is 7.93. The van der Waals surface area contributed by atoms with Gasteiger partial charge in [0.1, 0.15) is 4.90 Å². The summed E-state index contributed by atoms with van der Waals surface area (Å²) < 4.78 is 32.8. The van der Waals surface area contributed by atoms with Crippen LogP contribution in [0.2, 0.25) is 0 Å². The third-order valence-electron chi connectivity index (χ3n) is 3.56. The molecule has 2 aromatic carbocycles. The largest absolute Gasteiger partial charge is 0.417 e. The van der Waals surface area contributed by atoms with Crippen LogP contribution in [-0.4, -0.2) is 18.4 Å². The van der Waals surface area contributed by atoms with Crippen molar-refractivity contribution in [2.75, 3.05) is 4.72 Å². The lowest BCUT2D eigenvalue weighted by Gasteiger charge is -2.09. The maximum atomic E-state index is 12.7. The van der Waals surface area contributed by atoms with Crippen molar-refractivity contribution >= 4 is 37.7 Å². The number of nitrogens with zero attached hydrogens (tertiary/aromatic N) is 1.